The lowest BCUT2D eigenvalue weighted by Crippen LogP contribution is -2.17. The summed E-state index contributed by atoms with van der Waals surface area (Å²) < 4.78 is 0. The molecule has 2 rings (SSSR count). The number of hydrogen-bond donors (Lipinski definition) is 2. The van der Waals surface area contributed by atoms with E-state index in [1.54, 1.807) is 11.3 Å². The van der Waals surface area contributed by atoms with Gasteiger partial charge in [-0.3, -0.25) is 5.10 Å². The van der Waals surface area contributed by atoms with E-state index in [0.29, 0.717) is 6.04 Å². The molecule has 0 fully saturated rings. The van der Waals surface area contributed by atoms with Crippen LogP contribution < -0.4 is 5.32 Å². The fraction of sp³-hybridized carbons (Fsp3) is 0.364. The van der Waals surface area contributed by atoms with Gasteiger partial charge in [-0.25, -0.2) is 0 Å². The molecule has 0 aliphatic rings. The van der Waals surface area contributed by atoms with Crippen LogP contribution in [0.1, 0.15) is 29.0 Å². The van der Waals surface area contributed by atoms with Crippen LogP contribution >= 0.6 is 11.3 Å². The first kappa shape index (κ1) is 10.4. The minimum Gasteiger partial charge on any atom is -0.305 e. The van der Waals surface area contributed by atoms with Crippen molar-refractivity contribution in [2.45, 2.75) is 26.4 Å². The Morgan fingerprint density at radius 3 is 3.07 bits per heavy atom. The van der Waals surface area contributed by atoms with Gasteiger partial charge in [0.05, 0.1) is 6.20 Å². The van der Waals surface area contributed by atoms with Gasteiger partial charge in [0.2, 0.25) is 0 Å². The van der Waals surface area contributed by atoms with Crippen LogP contribution in [0.2, 0.25) is 0 Å². The summed E-state index contributed by atoms with van der Waals surface area (Å²) in [7, 11) is 0. The zero-order valence-corrected chi connectivity index (χ0v) is 9.77. The summed E-state index contributed by atoms with van der Waals surface area (Å²) >= 11 is 1.80. The molecule has 1 unspecified atom stereocenters. The number of hydrogen-bond acceptors (Lipinski definition) is 3. The Morgan fingerprint density at radius 1 is 1.60 bits per heavy atom. The van der Waals surface area contributed by atoms with Crippen LogP contribution in [0.4, 0.5) is 0 Å². The van der Waals surface area contributed by atoms with Gasteiger partial charge < -0.3 is 5.32 Å². The molecule has 2 aromatic heterocycles. The van der Waals surface area contributed by atoms with Crippen LogP contribution in [0.25, 0.3) is 0 Å². The second-order valence-corrected chi connectivity index (χ2v) is 4.66. The molecule has 1 atom stereocenters. The van der Waals surface area contributed by atoms with Gasteiger partial charge >= 0.3 is 0 Å². The van der Waals surface area contributed by atoms with Crippen LogP contribution in [0.5, 0.6) is 0 Å². The molecule has 3 nitrogen and oxygen atoms in total. The van der Waals surface area contributed by atoms with Crippen LogP contribution in [0.15, 0.2) is 23.8 Å². The quantitative estimate of drug-likeness (QED) is 0.833. The Morgan fingerprint density at radius 2 is 2.47 bits per heavy atom. The van der Waals surface area contributed by atoms with Crippen molar-refractivity contribution in [3.05, 3.63) is 39.8 Å². The Hall–Kier alpha value is -1.13. The predicted molar refractivity (Wildman–Crippen MR) is 62.9 cm³/mol. The fourth-order valence-corrected chi connectivity index (χ4v) is 2.30. The van der Waals surface area contributed by atoms with Gasteiger partial charge in [-0.2, -0.15) is 5.10 Å². The molecule has 2 N–H and O–H groups in total. The first-order valence-corrected chi connectivity index (χ1v) is 5.90. The topological polar surface area (TPSA) is 40.7 Å². The second kappa shape index (κ2) is 4.59. The van der Waals surface area contributed by atoms with E-state index in [1.807, 2.05) is 12.4 Å². The maximum atomic E-state index is 3.94. The number of thiophene rings is 1. The average molecular weight is 221 g/mol. The summed E-state index contributed by atoms with van der Waals surface area (Å²) in [6, 6.07) is 2.50. The third kappa shape index (κ3) is 2.46. The van der Waals surface area contributed by atoms with E-state index >= 15 is 0 Å². The number of nitrogens with zero attached hydrogens (tertiary/aromatic N) is 1. The van der Waals surface area contributed by atoms with Gasteiger partial charge in [0.25, 0.3) is 0 Å². The summed E-state index contributed by atoms with van der Waals surface area (Å²) in [6.45, 7) is 5.22. The minimum atomic E-state index is 0.338. The monoisotopic (exact) mass is 221 g/mol. The molecule has 0 radical (unpaired) electrons. The van der Waals surface area contributed by atoms with E-state index in [1.165, 1.54) is 16.0 Å². The molecule has 0 aromatic carbocycles. The third-order valence-electron chi connectivity index (χ3n) is 2.56. The number of aromatic amines is 1. The molecular formula is C11H15N3S. The molecular weight excluding hydrogens is 206 g/mol. The molecule has 0 saturated heterocycles. The lowest BCUT2D eigenvalue weighted by molar-refractivity contribution is 0.578. The third-order valence-corrected chi connectivity index (χ3v) is 3.58. The van der Waals surface area contributed by atoms with E-state index < -0.39 is 0 Å². The lowest BCUT2D eigenvalue weighted by atomic mass is 10.2. The minimum absolute atomic E-state index is 0.338. The van der Waals surface area contributed by atoms with Crippen molar-refractivity contribution < 1.29 is 0 Å². The lowest BCUT2D eigenvalue weighted by Gasteiger charge is -2.11. The molecule has 80 valence electrons. The maximum absolute atomic E-state index is 3.94. The van der Waals surface area contributed by atoms with Gasteiger partial charge in [0, 0.05) is 29.2 Å². The van der Waals surface area contributed by atoms with Gasteiger partial charge in [0.15, 0.2) is 0 Å². The van der Waals surface area contributed by atoms with Crippen molar-refractivity contribution >= 4 is 11.3 Å². The highest BCUT2D eigenvalue weighted by Crippen LogP contribution is 2.17. The van der Waals surface area contributed by atoms with Crippen LogP contribution in [-0.4, -0.2) is 10.2 Å². The van der Waals surface area contributed by atoms with E-state index in [-0.39, 0.29) is 0 Å². The fourth-order valence-electron chi connectivity index (χ4n) is 1.45. The second-order valence-electron chi connectivity index (χ2n) is 3.66. The van der Waals surface area contributed by atoms with Gasteiger partial charge in [-0.1, -0.05) is 0 Å². The highest BCUT2D eigenvalue weighted by Gasteiger charge is 2.06. The highest BCUT2D eigenvalue weighted by molar-refractivity contribution is 7.10. The summed E-state index contributed by atoms with van der Waals surface area (Å²) in [5, 5.41) is 12.4. The van der Waals surface area contributed by atoms with E-state index in [9.17, 15) is 0 Å². The van der Waals surface area contributed by atoms with E-state index in [4.69, 9.17) is 0 Å². The Labute approximate surface area is 93.5 Å². The number of H-pyrrole nitrogens is 1. The van der Waals surface area contributed by atoms with Gasteiger partial charge in [0.1, 0.15) is 0 Å². The predicted octanol–water partition coefficient (Wildman–Crippen LogP) is 2.63. The first-order chi connectivity index (χ1) is 7.27. The Bertz CT molecular complexity index is 405. The molecule has 0 bridgehead atoms. The molecule has 0 aliphatic heterocycles. The number of aryl methyl sites for hydroxylation is 1. The largest absolute Gasteiger partial charge is 0.305 e. The Kier molecular flexibility index (Phi) is 3.18. The number of rotatable bonds is 4. The number of aromatic nitrogens is 2. The van der Waals surface area contributed by atoms with Crippen molar-refractivity contribution in [3.8, 4) is 0 Å². The van der Waals surface area contributed by atoms with Gasteiger partial charge in [-0.15, -0.1) is 11.3 Å². The highest BCUT2D eigenvalue weighted by atomic mass is 32.1. The molecule has 0 aliphatic carbocycles. The molecule has 0 saturated carbocycles. The van der Waals surface area contributed by atoms with Gasteiger partial charge in [-0.05, 0) is 30.9 Å². The van der Waals surface area contributed by atoms with Crippen molar-refractivity contribution in [3.63, 3.8) is 0 Å². The first-order valence-electron chi connectivity index (χ1n) is 5.02. The van der Waals surface area contributed by atoms with Crippen molar-refractivity contribution in [2.24, 2.45) is 0 Å². The zero-order valence-electron chi connectivity index (χ0n) is 8.95. The average Bonchev–Trinajstić information content (AvgIpc) is 2.85. The van der Waals surface area contributed by atoms with E-state index in [2.05, 4.69) is 40.8 Å². The maximum Gasteiger partial charge on any atom is 0.0534 e. The summed E-state index contributed by atoms with van der Waals surface area (Å²) in [5.74, 6) is 0. The van der Waals surface area contributed by atoms with Crippen LogP contribution in [0.3, 0.4) is 0 Å². The molecule has 2 aromatic rings. The normalized spacial score (nSPS) is 12.9. The SMILES string of the molecule is Cc1ccsc1CNC(C)c1cn[nH]c1. The molecule has 0 spiro atoms. The van der Waals surface area contributed by atoms with Crippen LogP contribution in [-0.2, 0) is 6.54 Å². The molecule has 15 heavy (non-hydrogen) atoms. The number of nitrogens with one attached hydrogen (secondary N) is 2. The molecule has 0 amide bonds. The summed E-state index contributed by atoms with van der Waals surface area (Å²) in [5.41, 5.74) is 2.57. The molecule has 4 heteroatoms. The van der Waals surface area contributed by atoms with Crippen molar-refractivity contribution in [1.82, 2.24) is 15.5 Å². The standard InChI is InChI=1S/C11H15N3S/c1-8-3-4-15-11(8)7-12-9(2)10-5-13-14-6-10/h3-6,9,12H,7H2,1-2H3,(H,13,14). The van der Waals surface area contributed by atoms with Crippen molar-refractivity contribution in [2.75, 3.05) is 0 Å². The van der Waals surface area contributed by atoms with Crippen molar-refractivity contribution in [1.29, 1.82) is 0 Å². The van der Waals surface area contributed by atoms with Crippen LogP contribution in [0, 0.1) is 6.92 Å². The molecule has 2 heterocycles. The Balaban J connectivity index is 1.91. The zero-order chi connectivity index (χ0) is 10.7. The smallest absolute Gasteiger partial charge is 0.0534 e. The summed E-state index contributed by atoms with van der Waals surface area (Å²) in [6.07, 6.45) is 3.79. The summed E-state index contributed by atoms with van der Waals surface area (Å²) in [4.78, 5) is 1.41. The van der Waals surface area contributed by atoms with E-state index in [0.717, 1.165) is 6.54 Å².